The zero-order valence-electron chi connectivity index (χ0n) is 17.1. The maximum Gasteiger partial charge on any atom is 0.321 e. The van der Waals surface area contributed by atoms with Gasteiger partial charge in [0.2, 0.25) is 0 Å². The van der Waals surface area contributed by atoms with Crippen LogP contribution in [0.1, 0.15) is 0 Å². The first-order chi connectivity index (χ1) is 15.6. The molecule has 0 aliphatic rings. The van der Waals surface area contributed by atoms with Crippen molar-refractivity contribution in [3.8, 4) is 39.1 Å². The first kappa shape index (κ1) is 19.8. The molecule has 5 aromatic rings. The number of nitrogens with one attached hydrogen (secondary N) is 1. The lowest BCUT2D eigenvalue weighted by atomic mass is 10.2. The molecule has 0 saturated carbocycles. The summed E-state index contributed by atoms with van der Waals surface area (Å²) in [4.78, 5) is 22.3. The molecule has 10 heteroatoms. The van der Waals surface area contributed by atoms with Crippen LogP contribution in [0.3, 0.4) is 0 Å². The van der Waals surface area contributed by atoms with Crippen LogP contribution in [-0.4, -0.2) is 38.7 Å². The number of nitro groups is 1. The Morgan fingerprint density at radius 2 is 1.91 bits per heavy atom. The van der Waals surface area contributed by atoms with Crippen molar-refractivity contribution < 1.29 is 14.4 Å². The third-order valence-electron chi connectivity index (χ3n) is 5.06. The summed E-state index contributed by atoms with van der Waals surface area (Å²) in [6, 6.07) is 14.7. The summed E-state index contributed by atoms with van der Waals surface area (Å²) in [6.45, 7) is 0. The second-order valence-electron chi connectivity index (χ2n) is 6.91. The van der Waals surface area contributed by atoms with E-state index in [0.717, 1.165) is 37.9 Å². The van der Waals surface area contributed by atoms with E-state index in [-0.39, 0.29) is 5.82 Å². The Hall–Kier alpha value is -4.18. The Labute approximate surface area is 186 Å². The summed E-state index contributed by atoms with van der Waals surface area (Å²) in [5.41, 5.74) is 4.00. The summed E-state index contributed by atoms with van der Waals surface area (Å²) in [7, 11) is 3.24. The Bertz CT molecular complexity index is 1430. The highest BCUT2D eigenvalue weighted by Gasteiger charge is 2.16. The quantitative estimate of drug-likeness (QED) is 0.288. The number of hydrogen-bond acceptors (Lipinski definition) is 7. The molecule has 0 radical (unpaired) electrons. The molecule has 5 rings (SSSR count). The van der Waals surface area contributed by atoms with Gasteiger partial charge in [0.1, 0.15) is 22.2 Å². The second kappa shape index (κ2) is 7.82. The van der Waals surface area contributed by atoms with Crippen molar-refractivity contribution in [3.63, 3.8) is 0 Å². The minimum Gasteiger partial charge on any atom is -0.497 e. The zero-order chi connectivity index (χ0) is 22.2. The molecule has 9 nitrogen and oxygen atoms in total. The number of rotatable bonds is 6. The molecule has 0 saturated heterocycles. The Morgan fingerprint density at radius 1 is 1.09 bits per heavy atom. The number of ether oxygens (including phenoxy) is 2. The lowest BCUT2D eigenvalue weighted by Crippen LogP contribution is -1.95. The van der Waals surface area contributed by atoms with Crippen molar-refractivity contribution in [1.82, 2.24) is 19.5 Å². The highest BCUT2D eigenvalue weighted by atomic mass is 32.1. The van der Waals surface area contributed by atoms with Crippen molar-refractivity contribution in [2.75, 3.05) is 14.2 Å². The third kappa shape index (κ3) is 3.36. The predicted molar refractivity (Wildman–Crippen MR) is 122 cm³/mol. The fourth-order valence-corrected chi connectivity index (χ4v) is 4.52. The number of benzene rings is 2. The topological polar surface area (TPSA) is 108 Å². The normalized spacial score (nSPS) is 11.1. The van der Waals surface area contributed by atoms with E-state index >= 15 is 0 Å². The van der Waals surface area contributed by atoms with E-state index in [1.807, 2.05) is 41.0 Å². The van der Waals surface area contributed by atoms with Crippen molar-refractivity contribution in [2.24, 2.45) is 0 Å². The van der Waals surface area contributed by atoms with Gasteiger partial charge in [-0.2, -0.15) is 0 Å². The molecule has 0 amide bonds. The van der Waals surface area contributed by atoms with Crippen LogP contribution in [-0.2, 0) is 0 Å². The lowest BCUT2D eigenvalue weighted by molar-refractivity contribution is -0.389. The summed E-state index contributed by atoms with van der Waals surface area (Å²) in [6.07, 6.45) is 3.34. The fraction of sp³-hybridized carbons (Fsp3) is 0.0909. The van der Waals surface area contributed by atoms with E-state index in [1.54, 1.807) is 44.1 Å². The summed E-state index contributed by atoms with van der Waals surface area (Å²) >= 11 is 1.55. The minimum atomic E-state index is -0.457. The van der Waals surface area contributed by atoms with Crippen molar-refractivity contribution >= 4 is 27.4 Å². The molecule has 160 valence electrons. The van der Waals surface area contributed by atoms with Gasteiger partial charge in [-0.3, -0.25) is 4.57 Å². The third-order valence-corrected chi connectivity index (χ3v) is 6.19. The minimum absolute atomic E-state index is 0.0639. The van der Waals surface area contributed by atoms with Crippen LogP contribution >= 0.6 is 11.3 Å². The molecule has 1 N–H and O–H groups in total. The maximum absolute atomic E-state index is 11.0. The Morgan fingerprint density at radius 3 is 2.59 bits per heavy atom. The van der Waals surface area contributed by atoms with Gasteiger partial charge in [-0.15, -0.1) is 11.3 Å². The van der Waals surface area contributed by atoms with Gasteiger partial charge in [0.25, 0.3) is 0 Å². The number of aromatic nitrogens is 4. The molecule has 0 spiro atoms. The van der Waals surface area contributed by atoms with Crippen LogP contribution in [0.2, 0.25) is 0 Å². The molecular formula is C22H17N5O4S. The van der Waals surface area contributed by atoms with E-state index in [1.165, 1.54) is 6.07 Å². The number of hydrogen-bond donors (Lipinski definition) is 1. The van der Waals surface area contributed by atoms with Crippen molar-refractivity contribution in [1.29, 1.82) is 0 Å². The highest BCUT2D eigenvalue weighted by Crippen LogP contribution is 2.39. The highest BCUT2D eigenvalue weighted by molar-refractivity contribution is 7.22. The number of H-pyrrole nitrogens is 1. The molecule has 0 atom stereocenters. The molecule has 0 fully saturated rings. The molecule has 3 heterocycles. The van der Waals surface area contributed by atoms with Gasteiger partial charge in [-0.1, -0.05) is 0 Å². The van der Waals surface area contributed by atoms with Gasteiger partial charge in [0.05, 0.1) is 37.0 Å². The van der Waals surface area contributed by atoms with Crippen molar-refractivity contribution in [2.45, 2.75) is 0 Å². The van der Waals surface area contributed by atoms with Crippen LogP contribution < -0.4 is 9.47 Å². The first-order valence-corrected chi connectivity index (χ1v) is 10.4. The van der Waals surface area contributed by atoms with Gasteiger partial charge in [-0.25, -0.2) is 15.0 Å². The maximum atomic E-state index is 11.0. The Balaban J connectivity index is 1.49. The SMILES string of the molecule is COc1cc(OC)c2sc(-c3ccc(-n4cncc4-c4ccc([N+](=O)[O-])[nH]4)cc3)nc2c1. The average molecular weight is 447 g/mol. The van der Waals surface area contributed by atoms with E-state index in [4.69, 9.17) is 14.5 Å². The number of aromatic amines is 1. The molecule has 0 aliphatic carbocycles. The molecule has 0 unspecified atom stereocenters. The molecular weight excluding hydrogens is 430 g/mol. The number of fused-ring (bicyclic) bond motifs is 1. The number of thiazole rings is 1. The first-order valence-electron chi connectivity index (χ1n) is 9.57. The predicted octanol–water partition coefficient (Wildman–Crippen LogP) is 5.07. The molecule has 0 bridgehead atoms. The average Bonchev–Trinajstić information content (AvgIpc) is 3.57. The van der Waals surface area contributed by atoms with Gasteiger partial charge in [0.15, 0.2) is 5.69 Å². The van der Waals surface area contributed by atoms with E-state index < -0.39 is 4.92 Å². The van der Waals surface area contributed by atoms with Gasteiger partial charge >= 0.3 is 5.82 Å². The number of methoxy groups -OCH3 is 2. The van der Waals surface area contributed by atoms with E-state index in [2.05, 4.69) is 9.97 Å². The second-order valence-corrected chi connectivity index (χ2v) is 7.91. The smallest absolute Gasteiger partial charge is 0.321 e. The van der Waals surface area contributed by atoms with Gasteiger partial charge < -0.3 is 19.6 Å². The standard InChI is InChI=1S/C22H17N5O4S/c1-30-15-9-17-21(19(10-15)31-2)32-22(25-17)13-3-5-14(6-4-13)26-12-23-11-18(26)16-7-8-20(24-16)27(28)29/h3-12,24H,1-2H3. The summed E-state index contributed by atoms with van der Waals surface area (Å²) < 4.78 is 13.7. The molecule has 3 aromatic heterocycles. The summed E-state index contributed by atoms with van der Waals surface area (Å²) in [5, 5.41) is 11.8. The van der Waals surface area contributed by atoms with Crippen LogP contribution in [0.4, 0.5) is 5.82 Å². The van der Waals surface area contributed by atoms with Crippen molar-refractivity contribution in [3.05, 3.63) is 71.2 Å². The van der Waals surface area contributed by atoms with Crippen LogP contribution in [0.25, 0.3) is 37.9 Å². The lowest BCUT2D eigenvalue weighted by Gasteiger charge is -2.06. The van der Waals surface area contributed by atoms with Gasteiger partial charge in [0, 0.05) is 29.4 Å². The largest absolute Gasteiger partial charge is 0.497 e. The number of imidazole rings is 1. The molecule has 2 aromatic carbocycles. The summed E-state index contributed by atoms with van der Waals surface area (Å²) in [5.74, 6) is 1.35. The molecule has 0 aliphatic heterocycles. The monoisotopic (exact) mass is 447 g/mol. The number of nitrogens with zero attached hydrogens (tertiary/aromatic N) is 4. The zero-order valence-corrected chi connectivity index (χ0v) is 17.9. The van der Waals surface area contributed by atoms with Crippen LogP contribution in [0.15, 0.2) is 61.1 Å². The van der Waals surface area contributed by atoms with E-state index in [9.17, 15) is 10.1 Å². The van der Waals surface area contributed by atoms with E-state index in [0.29, 0.717) is 11.4 Å². The van der Waals surface area contributed by atoms with Crippen LogP contribution in [0, 0.1) is 10.1 Å². The van der Waals surface area contributed by atoms with Crippen LogP contribution in [0.5, 0.6) is 11.5 Å². The Kier molecular flexibility index (Phi) is 4.83. The fourth-order valence-electron chi connectivity index (χ4n) is 3.47. The van der Waals surface area contributed by atoms with Gasteiger partial charge in [-0.05, 0) is 35.3 Å². The molecule has 32 heavy (non-hydrogen) atoms.